The van der Waals surface area contributed by atoms with Crippen LogP contribution in [0.4, 0.5) is 0 Å². The van der Waals surface area contributed by atoms with Crippen LogP contribution in [0.25, 0.3) is 0 Å². The first-order chi connectivity index (χ1) is 9.72. The van der Waals surface area contributed by atoms with Crippen molar-refractivity contribution in [2.45, 2.75) is 26.3 Å². The minimum absolute atomic E-state index is 0.339. The van der Waals surface area contributed by atoms with Crippen LogP contribution in [0.15, 0.2) is 48.5 Å². The first kappa shape index (κ1) is 14.3. The highest BCUT2D eigenvalue weighted by atomic mass is 16.5. The van der Waals surface area contributed by atoms with Crippen molar-refractivity contribution in [1.29, 1.82) is 0 Å². The summed E-state index contributed by atoms with van der Waals surface area (Å²) in [6, 6.07) is 14.8. The van der Waals surface area contributed by atoms with Crippen molar-refractivity contribution < 1.29 is 9.53 Å². The summed E-state index contributed by atoms with van der Waals surface area (Å²) in [7, 11) is 0. The van der Waals surface area contributed by atoms with Gasteiger partial charge in [-0.3, -0.25) is 0 Å². The third-order valence-corrected chi connectivity index (χ3v) is 3.10. The molecule has 0 amide bonds. The Balaban J connectivity index is 2.03. The van der Waals surface area contributed by atoms with Crippen LogP contribution >= 0.6 is 0 Å². The van der Waals surface area contributed by atoms with Crippen molar-refractivity contribution >= 4 is 5.97 Å². The van der Waals surface area contributed by atoms with E-state index in [0.29, 0.717) is 17.9 Å². The van der Waals surface area contributed by atoms with E-state index in [4.69, 9.17) is 10.5 Å². The maximum absolute atomic E-state index is 12.0. The lowest BCUT2D eigenvalue weighted by Gasteiger charge is -2.06. The van der Waals surface area contributed by atoms with Crippen molar-refractivity contribution in [3.05, 3.63) is 65.2 Å². The molecule has 0 aliphatic carbocycles. The lowest BCUT2D eigenvalue weighted by molar-refractivity contribution is 0.0734. The molecule has 0 heterocycles. The zero-order valence-electron chi connectivity index (χ0n) is 11.6. The molecule has 2 aromatic rings. The average molecular weight is 269 g/mol. The lowest BCUT2D eigenvalue weighted by Crippen LogP contribution is -2.08. The fraction of sp³-hybridized carbons (Fsp3) is 0.235. The summed E-state index contributed by atoms with van der Waals surface area (Å²) in [6.45, 7) is 2.61. The molecule has 2 N–H and O–H groups in total. The highest BCUT2D eigenvalue weighted by Gasteiger charge is 2.08. The maximum atomic E-state index is 12.0. The molecule has 0 saturated heterocycles. The molecule has 0 bridgehead atoms. The predicted octanol–water partition coefficient (Wildman–Crippen LogP) is 3.32. The zero-order chi connectivity index (χ0) is 14.4. The second kappa shape index (κ2) is 6.87. The number of hydrogen-bond donors (Lipinski definition) is 1. The Labute approximate surface area is 119 Å². The topological polar surface area (TPSA) is 52.3 Å². The number of benzene rings is 2. The molecule has 0 aromatic heterocycles. The van der Waals surface area contributed by atoms with E-state index in [-0.39, 0.29) is 5.97 Å². The molecule has 0 aliphatic rings. The standard InChI is InChI=1S/C17H19NO2/c1-2-3-13-4-8-15(9-5-13)17(19)20-16-10-6-14(12-18)7-11-16/h4-11H,2-3,12,18H2,1H3. The largest absolute Gasteiger partial charge is 0.423 e. The summed E-state index contributed by atoms with van der Waals surface area (Å²) in [4.78, 5) is 12.0. The molecule has 0 aliphatic heterocycles. The van der Waals surface area contributed by atoms with Gasteiger partial charge >= 0.3 is 5.97 Å². The highest BCUT2D eigenvalue weighted by Crippen LogP contribution is 2.15. The summed E-state index contributed by atoms with van der Waals surface area (Å²) in [6.07, 6.45) is 2.12. The Morgan fingerprint density at radius 3 is 2.15 bits per heavy atom. The van der Waals surface area contributed by atoms with E-state index in [9.17, 15) is 4.79 Å². The highest BCUT2D eigenvalue weighted by molar-refractivity contribution is 5.91. The molecule has 2 aromatic carbocycles. The van der Waals surface area contributed by atoms with Gasteiger partial charge in [0.05, 0.1) is 5.56 Å². The number of carbonyl (C=O) groups is 1. The van der Waals surface area contributed by atoms with Gasteiger partial charge in [0.2, 0.25) is 0 Å². The second-order valence-electron chi connectivity index (χ2n) is 4.68. The smallest absolute Gasteiger partial charge is 0.343 e. The quantitative estimate of drug-likeness (QED) is 0.669. The molecule has 0 radical (unpaired) electrons. The lowest BCUT2D eigenvalue weighted by atomic mass is 10.1. The number of esters is 1. The maximum Gasteiger partial charge on any atom is 0.343 e. The number of aryl methyl sites for hydroxylation is 1. The summed E-state index contributed by atoms with van der Waals surface area (Å²) >= 11 is 0. The Bertz CT molecular complexity index is 559. The van der Waals surface area contributed by atoms with Gasteiger partial charge in [-0.1, -0.05) is 37.6 Å². The summed E-state index contributed by atoms with van der Waals surface area (Å²) in [5, 5.41) is 0. The van der Waals surface area contributed by atoms with Crippen LogP contribution in [0.2, 0.25) is 0 Å². The van der Waals surface area contributed by atoms with E-state index in [1.807, 2.05) is 36.4 Å². The van der Waals surface area contributed by atoms with Crippen molar-refractivity contribution in [3.8, 4) is 5.75 Å². The zero-order valence-corrected chi connectivity index (χ0v) is 11.6. The van der Waals surface area contributed by atoms with Gasteiger partial charge in [0, 0.05) is 6.54 Å². The van der Waals surface area contributed by atoms with Crippen LogP contribution in [-0.2, 0) is 13.0 Å². The van der Waals surface area contributed by atoms with Crippen molar-refractivity contribution in [1.82, 2.24) is 0 Å². The minimum atomic E-state index is -0.339. The number of ether oxygens (including phenoxy) is 1. The average Bonchev–Trinajstić information content (AvgIpc) is 2.49. The number of nitrogens with two attached hydrogens (primary N) is 1. The van der Waals surface area contributed by atoms with E-state index in [1.165, 1.54) is 5.56 Å². The molecular formula is C17H19NO2. The van der Waals surface area contributed by atoms with Crippen LogP contribution in [0.3, 0.4) is 0 Å². The number of rotatable bonds is 5. The van der Waals surface area contributed by atoms with E-state index in [0.717, 1.165) is 18.4 Å². The van der Waals surface area contributed by atoms with Crippen molar-refractivity contribution in [3.63, 3.8) is 0 Å². The van der Waals surface area contributed by atoms with Crippen molar-refractivity contribution in [2.24, 2.45) is 5.73 Å². The van der Waals surface area contributed by atoms with Gasteiger partial charge < -0.3 is 10.5 Å². The molecule has 0 saturated carbocycles. The fourth-order valence-corrected chi connectivity index (χ4v) is 1.96. The van der Waals surface area contributed by atoms with E-state index in [2.05, 4.69) is 6.92 Å². The van der Waals surface area contributed by atoms with Gasteiger partial charge in [0.15, 0.2) is 0 Å². The van der Waals surface area contributed by atoms with Gasteiger partial charge in [-0.25, -0.2) is 4.79 Å². The van der Waals surface area contributed by atoms with Crippen molar-refractivity contribution in [2.75, 3.05) is 0 Å². The van der Waals surface area contributed by atoms with Crippen LogP contribution < -0.4 is 10.5 Å². The van der Waals surface area contributed by atoms with Crippen LogP contribution in [0, 0.1) is 0 Å². The fourth-order valence-electron chi connectivity index (χ4n) is 1.96. The van der Waals surface area contributed by atoms with Gasteiger partial charge in [0.1, 0.15) is 5.75 Å². The molecule has 2 rings (SSSR count). The Kier molecular flexibility index (Phi) is 4.91. The molecule has 0 spiro atoms. The molecule has 20 heavy (non-hydrogen) atoms. The van der Waals surface area contributed by atoms with Gasteiger partial charge in [-0.15, -0.1) is 0 Å². The summed E-state index contributed by atoms with van der Waals surface area (Å²) < 4.78 is 5.32. The molecule has 0 atom stereocenters. The van der Waals surface area contributed by atoms with Crippen LogP contribution in [0.5, 0.6) is 5.75 Å². The summed E-state index contributed by atoms with van der Waals surface area (Å²) in [5.74, 6) is 0.193. The molecular weight excluding hydrogens is 250 g/mol. The first-order valence-electron chi connectivity index (χ1n) is 6.83. The first-order valence-corrected chi connectivity index (χ1v) is 6.83. The van der Waals surface area contributed by atoms with Crippen LogP contribution in [0.1, 0.15) is 34.8 Å². The van der Waals surface area contributed by atoms with Gasteiger partial charge in [0.25, 0.3) is 0 Å². The number of carbonyl (C=O) groups excluding carboxylic acids is 1. The summed E-state index contributed by atoms with van der Waals surface area (Å²) in [5.41, 5.74) is 8.33. The van der Waals surface area contributed by atoms with Crippen LogP contribution in [-0.4, -0.2) is 5.97 Å². The van der Waals surface area contributed by atoms with E-state index < -0.39 is 0 Å². The molecule has 0 fully saturated rings. The van der Waals surface area contributed by atoms with E-state index in [1.54, 1.807) is 12.1 Å². The Hall–Kier alpha value is -2.13. The van der Waals surface area contributed by atoms with Gasteiger partial charge in [-0.05, 0) is 41.8 Å². The third-order valence-electron chi connectivity index (χ3n) is 3.10. The SMILES string of the molecule is CCCc1ccc(C(=O)Oc2ccc(CN)cc2)cc1. The molecule has 3 heteroatoms. The van der Waals surface area contributed by atoms with E-state index >= 15 is 0 Å². The third kappa shape index (κ3) is 3.68. The Morgan fingerprint density at radius 1 is 1.00 bits per heavy atom. The Morgan fingerprint density at radius 2 is 1.60 bits per heavy atom. The normalized spacial score (nSPS) is 10.3. The number of hydrogen-bond acceptors (Lipinski definition) is 3. The molecule has 0 unspecified atom stereocenters. The van der Waals surface area contributed by atoms with Gasteiger partial charge in [-0.2, -0.15) is 0 Å². The molecule has 104 valence electrons. The molecule has 3 nitrogen and oxygen atoms in total. The minimum Gasteiger partial charge on any atom is -0.423 e. The monoisotopic (exact) mass is 269 g/mol. The predicted molar refractivity (Wildman–Crippen MR) is 79.7 cm³/mol. The second-order valence-corrected chi connectivity index (χ2v) is 4.68.